The van der Waals surface area contributed by atoms with Gasteiger partial charge < -0.3 is 9.52 Å². The SMILES string of the molecule is CC(C)(O)c1nnc(-c2cncc([C@@]34CC[C@@H](c5cc(-c6c(F)cccc6F)nnc53)C4(C)C)n2)o1. The van der Waals surface area contributed by atoms with Crippen molar-refractivity contribution in [1.29, 1.82) is 0 Å². The molecule has 3 aromatic heterocycles. The first-order valence-corrected chi connectivity index (χ1v) is 11.8. The number of nitrogens with zero attached hydrogens (tertiary/aromatic N) is 6. The second-order valence-corrected chi connectivity index (χ2v) is 10.6. The molecule has 6 rings (SSSR count). The summed E-state index contributed by atoms with van der Waals surface area (Å²) in [5.41, 5.74) is 0.544. The van der Waals surface area contributed by atoms with Gasteiger partial charge in [-0.2, -0.15) is 5.10 Å². The maximum Gasteiger partial charge on any atom is 0.268 e. The van der Waals surface area contributed by atoms with Crippen LogP contribution in [-0.4, -0.2) is 35.5 Å². The molecule has 184 valence electrons. The molecule has 0 unspecified atom stereocenters. The van der Waals surface area contributed by atoms with Gasteiger partial charge in [-0.1, -0.05) is 19.9 Å². The molecule has 0 amide bonds. The van der Waals surface area contributed by atoms with Gasteiger partial charge in [0.2, 0.25) is 5.89 Å². The van der Waals surface area contributed by atoms with Gasteiger partial charge in [0.25, 0.3) is 5.89 Å². The zero-order chi connectivity index (χ0) is 25.5. The fraction of sp³-hybridized carbons (Fsp3) is 0.385. The van der Waals surface area contributed by atoms with Crippen molar-refractivity contribution >= 4 is 0 Å². The van der Waals surface area contributed by atoms with Gasteiger partial charge in [0.1, 0.15) is 22.9 Å². The molecule has 1 N–H and O–H groups in total. The van der Waals surface area contributed by atoms with Crippen molar-refractivity contribution in [3.63, 3.8) is 0 Å². The molecule has 0 spiro atoms. The highest BCUT2D eigenvalue weighted by Gasteiger charge is 2.65. The predicted molar refractivity (Wildman–Crippen MR) is 124 cm³/mol. The fourth-order valence-electron chi connectivity index (χ4n) is 6.01. The molecule has 8 nitrogen and oxygen atoms in total. The standard InChI is InChI=1S/C26H24F2N6O2/c1-24(2)14-8-9-26(24,19-12-29-11-18(30-19)22-33-34-23(36-22)25(3,4)35)21-13(14)10-17(31-32-21)20-15(27)6-5-7-16(20)28/h5-7,10-12,14,35H,8-9H2,1-4H3/t14-,26-/m0/s1. The number of hydrogen-bond acceptors (Lipinski definition) is 8. The average Bonchev–Trinajstić information content (AvgIpc) is 3.48. The van der Waals surface area contributed by atoms with Crippen molar-refractivity contribution in [3.05, 3.63) is 71.1 Å². The lowest BCUT2D eigenvalue weighted by molar-refractivity contribution is 0.0487. The number of fused-ring (bicyclic) bond motifs is 5. The zero-order valence-corrected chi connectivity index (χ0v) is 20.3. The number of hydrogen-bond donors (Lipinski definition) is 1. The van der Waals surface area contributed by atoms with Crippen molar-refractivity contribution in [1.82, 2.24) is 30.4 Å². The maximum atomic E-state index is 14.5. The smallest absolute Gasteiger partial charge is 0.268 e. The topological polar surface area (TPSA) is 111 Å². The summed E-state index contributed by atoms with van der Waals surface area (Å²) in [6.45, 7) is 7.43. The van der Waals surface area contributed by atoms with Gasteiger partial charge in [-0.15, -0.1) is 15.3 Å². The Bertz CT molecular complexity index is 1490. The minimum atomic E-state index is -1.29. The Balaban J connectivity index is 1.48. The van der Waals surface area contributed by atoms with Gasteiger partial charge in [0.15, 0.2) is 0 Å². The van der Waals surface area contributed by atoms with E-state index in [1.807, 2.05) is 0 Å². The van der Waals surface area contributed by atoms with E-state index in [1.165, 1.54) is 24.4 Å². The van der Waals surface area contributed by atoms with E-state index in [1.54, 1.807) is 26.1 Å². The Kier molecular flexibility index (Phi) is 4.70. The molecule has 0 saturated heterocycles. The van der Waals surface area contributed by atoms with E-state index in [-0.39, 0.29) is 34.4 Å². The van der Waals surface area contributed by atoms with Crippen LogP contribution in [0, 0.1) is 17.0 Å². The van der Waals surface area contributed by atoms with Crippen LogP contribution in [0.25, 0.3) is 22.8 Å². The largest absolute Gasteiger partial charge is 0.416 e. The quantitative estimate of drug-likeness (QED) is 0.439. The monoisotopic (exact) mass is 490 g/mol. The van der Waals surface area contributed by atoms with Gasteiger partial charge in [0.05, 0.1) is 34.3 Å². The molecule has 2 aliphatic rings. The first kappa shape index (κ1) is 22.8. The summed E-state index contributed by atoms with van der Waals surface area (Å²) in [7, 11) is 0. The van der Waals surface area contributed by atoms with E-state index in [9.17, 15) is 13.9 Å². The van der Waals surface area contributed by atoms with Crippen molar-refractivity contribution in [2.24, 2.45) is 5.41 Å². The second kappa shape index (κ2) is 7.42. The van der Waals surface area contributed by atoms with E-state index in [2.05, 4.69) is 39.2 Å². The molecule has 2 bridgehead atoms. The number of halogens is 2. The van der Waals surface area contributed by atoms with Crippen molar-refractivity contribution < 1.29 is 18.3 Å². The first-order valence-electron chi connectivity index (χ1n) is 11.8. The Labute approximate surface area is 205 Å². The summed E-state index contributed by atoms with van der Waals surface area (Å²) >= 11 is 0. The number of aromatic nitrogens is 6. The third-order valence-electron chi connectivity index (χ3n) is 7.84. The zero-order valence-electron chi connectivity index (χ0n) is 20.3. The van der Waals surface area contributed by atoms with Crippen LogP contribution in [0.3, 0.4) is 0 Å². The Morgan fingerprint density at radius 2 is 1.78 bits per heavy atom. The average molecular weight is 491 g/mol. The number of benzene rings is 1. The van der Waals surface area contributed by atoms with Gasteiger partial charge in [-0.25, -0.2) is 13.8 Å². The molecular formula is C26H24F2N6O2. The van der Waals surface area contributed by atoms with Crippen LogP contribution in [0.2, 0.25) is 0 Å². The highest BCUT2D eigenvalue weighted by atomic mass is 19.1. The van der Waals surface area contributed by atoms with Crippen LogP contribution in [0.1, 0.15) is 69.3 Å². The summed E-state index contributed by atoms with van der Waals surface area (Å²) in [4.78, 5) is 9.28. The summed E-state index contributed by atoms with van der Waals surface area (Å²) in [6.07, 6.45) is 4.88. The Morgan fingerprint density at radius 3 is 2.47 bits per heavy atom. The third-order valence-corrected chi connectivity index (χ3v) is 7.84. The molecule has 1 saturated carbocycles. The van der Waals surface area contributed by atoms with E-state index >= 15 is 0 Å². The molecule has 10 heteroatoms. The van der Waals surface area contributed by atoms with Gasteiger partial charge in [-0.05, 0) is 61.8 Å². The summed E-state index contributed by atoms with van der Waals surface area (Å²) in [5.74, 6) is -1.02. The molecule has 2 atom stereocenters. The Morgan fingerprint density at radius 1 is 1.03 bits per heavy atom. The van der Waals surface area contributed by atoms with Gasteiger partial charge in [-0.3, -0.25) is 4.98 Å². The molecule has 4 aromatic rings. The molecule has 3 heterocycles. The molecular weight excluding hydrogens is 466 g/mol. The molecule has 0 aliphatic heterocycles. The highest BCUT2D eigenvalue weighted by Crippen LogP contribution is 2.69. The first-order chi connectivity index (χ1) is 17.0. The minimum Gasteiger partial charge on any atom is -0.416 e. The van der Waals surface area contributed by atoms with Crippen LogP contribution < -0.4 is 0 Å². The van der Waals surface area contributed by atoms with Crippen molar-refractivity contribution in [2.75, 3.05) is 0 Å². The van der Waals surface area contributed by atoms with Crippen LogP contribution >= 0.6 is 0 Å². The lowest BCUT2D eigenvalue weighted by atomic mass is 9.66. The second-order valence-electron chi connectivity index (χ2n) is 10.6. The number of aliphatic hydroxyl groups is 1. The van der Waals surface area contributed by atoms with E-state index in [0.29, 0.717) is 11.4 Å². The van der Waals surface area contributed by atoms with Crippen LogP contribution in [-0.2, 0) is 11.0 Å². The van der Waals surface area contributed by atoms with Gasteiger partial charge in [0, 0.05) is 6.20 Å². The van der Waals surface area contributed by atoms with Gasteiger partial charge >= 0.3 is 0 Å². The lowest BCUT2D eigenvalue weighted by Crippen LogP contribution is -2.38. The van der Waals surface area contributed by atoms with E-state index in [4.69, 9.17) is 9.40 Å². The van der Waals surface area contributed by atoms with Crippen LogP contribution in [0.5, 0.6) is 0 Å². The molecule has 1 fully saturated rings. The predicted octanol–water partition coefficient (Wildman–Crippen LogP) is 4.69. The molecule has 2 aliphatic carbocycles. The fourth-order valence-corrected chi connectivity index (χ4v) is 6.01. The minimum absolute atomic E-state index is 0.0779. The summed E-state index contributed by atoms with van der Waals surface area (Å²) in [6, 6.07) is 5.52. The number of rotatable bonds is 4. The van der Waals surface area contributed by atoms with Crippen LogP contribution in [0.15, 0.2) is 41.1 Å². The van der Waals surface area contributed by atoms with Crippen molar-refractivity contribution in [2.45, 2.75) is 57.5 Å². The summed E-state index contributed by atoms with van der Waals surface area (Å²) < 4.78 is 34.6. The summed E-state index contributed by atoms with van der Waals surface area (Å²) in [5, 5.41) is 27.0. The maximum absolute atomic E-state index is 14.5. The van der Waals surface area contributed by atoms with E-state index < -0.39 is 22.7 Å². The van der Waals surface area contributed by atoms with Crippen LogP contribution in [0.4, 0.5) is 8.78 Å². The molecule has 0 radical (unpaired) electrons. The highest BCUT2D eigenvalue weighted by molar-refractivity contribution is 5.64. The third kappa shape index (κ3) is 3.00. The van der Waals surface area contributed by atoms with Crippen molar-refractivity contribution in [3.8, 4) is 22.8 Å². The lowest BCUT2D eigenvalue weighted by Gasteiger charge is -2.37. The normalized spacial score (nSPS) is 22.1. The molecule has 36 heavy (non-hydrogen) atoms. The molecule has 1 aromatic carbocycles. The Hall–Kier alpha value is -3.66. The van der Waals surface area contributed by atoms with E-state index in [0.717, 1.165) is 24.1 Å².